The van der Waals surface area contributed by atoms with Crippen LogP contribution in [-0.2, 0) is 0 Å². The number of hydrogen-bond donors (Lipinski definition) is 0. The largest absolute Gasteiger partial charge is 0.445 e. The molecule has 0 aliphatic rings. The number of aromatic nitrogens is 3. The number of hydrogen-bond acceptors (Lipinski definition) is 3. The number of alkyl halides is 1. The maximum atomic E-state index is 11.9. The maximum Gasteiger partial charge on any atom is 0.235 e. The van der Waals surface area contributed by atoms with Crippen LogP contribution in [0.15, 0.2) is 30.6 Å². The number of nitrogens with zero attached hydrogens (tertiary/aromatic N) is 3. The summed E-state index contributed by atoms with van der Waals surface area (Å²) in [6.07, 6.45) is 3.19. The zero-order valence-electron chi connectivity index (χ0n) is 7.60. The molecule has 4 nitrogen and oxygen atoms in total. The molecular weight excluding hydrogens is 221 g/mol. The Hall–Kier alpha value is -1.62. The molecule has 0 fully saturated rings. The van der Waals surface area contributed by atoms with E-state index in [-0.39, 0.29) is 5.88 Å². The average molecular weight is 228 g/mol. The predicted molar refractivity (Wildman–Crippen MR) is 53.0 cm³/mol. The van der Waals surface area contributed by atoms with Crippen molar-refractivity contribution in [2.24, 2.45) is 0 Å². The van der Waals surface area contributed by atoms with Gasteiger partial charge >= 0.3 is 0 Å². The molecule has 0 aliphatic carbocycles. The first-order chi connectivity index (χ1) is 7.31. The third-order valence-electron chi connectivity index (χ3n) is 1.72. The Balaban J connectivity index is 2.33. The number of ether oxygens (including phenoxy) is 1. The van der Waals surface area contributed by atoms with Gasteiger partial charge in [0.25, 0.3) is 0 Å². The smallest absolute Gasteiger partial charge is 0.235 e. The van der Waals surface area contributed by atoms with Crippen molar-refractivity contribution >= 4 is 11.6 Å². The molecule has 0 unspecified atom stereocenters. The molecule has 78 valence electrons. The molecule has 0 saturated heterocycles. The minimum atomic E-state index is -0.910. The monoisotopic (exact) mass is 227 g/mol. The van der Waals surface area contributed by atoms with Crippen molar-refractivity contribution < 1.29 is 9.13 Å². The van der Waals surface area contributed by atoms with Crippen LogP contribution >= 0.6 is 11.6 Å². The summed E-state index contributed by atoms with van der Waals surface area (Å²) in [5, 5.41) is 4.40. The van der Waals surface area contributed by atoms with Crippen LogP contribution in [0.3, 0.4) is 0 Å². The number of rotatable bonds is 3. The molecule has 0 saturated carbocycles. The normalized spacial score (nSPS) is 10.3. The molecule has 0 bridgehead atoms. The molecule has 0 aliphatic heterocycles. The van der Waals surface area contributed by atoms with E-state index in [1.165, 1.54) is 10.7 Å². The molecule has 2 rings (SSSR count). The van der Waals surface area contributed by atoms with E-state index < -0.39 is 6.86 Å². The quantitative estimate of drug-likeness (QED) is 0.807. The summed E-state index contributed by atoms with van der Waals surface area (Å²) in [5.41, 5.74) is 0. The lowest BCUT2D eigenvalue weighted by molar-refractivity contribution is 0.184. The molecule has 2 aromatic rings. The van der Waals surface area contributed by atoms with E-state index in [9.17, 15) is 4.39 Å². The van der Waals surface area contributed by atoms with Crippen LogP contribution in [0.5, 0.6) is 5.88 Å². The number of pyridine rings is 1. The molecule has 0 N–H and O–H groups in total. The average Bonchev–Trinajstić information content (AvgIpc) is 2.68. The highest BCUT2D eigenvalue weighted by molar-refractivity contribution is 6.32. The molecule has 0 atom stereocenters. The Bertz CT molecular complexity index is 460. The van der Waals surface area contributed by atoms with Gasteiger partial charge in [-0.3, -0.25) is 0 Å². The van der Waals surface area contributed by atoms with E-state index in [2.05, 4.69) is 14.8 Å². The van der Waals surface area contributed by atoms with Gasteiger partial charge in [-0.2, -0.15) is 0 Å². The van der Waals surface area contributed by atoms with Gasteiger partial charge in [0.15, 0.2) is 5.82 Å². The third-order valence-corrected chi connectivity index (χ3v) is 2.02. The first-order valence-corrected chi connectivity index (χ1v) is 4.54. The molecule has 0 spiro atoms. The molecule has 0 aromatic carbocycles. The van der Waals surface area contributed by atoms with Crippen LogP contribution in [0.2, 0.25) is 5.02 Å². The molecule has 0 radical (unpaired) electrons. The molecule has 2 aromatic heterocycles. The van der Waals surface area contributed by atoms with E-state index >= 15 is 0 Å². The Morgan fingerprint density at radius 2 is 2.33 bits per heavy atom. The summed E-state index contributed by atoms with van der Waals surface area (Å²) < 4.78 is 17.9. The lowest BCUT2D eigenvalue weighted by Crippen LogP contribution is -1.99. The van der Waals surface area contributed by atoms with Gasteiger partial charge in [-0.05, 0) is 12.1 Å². The van der Waals surface area contributed by atoms with E-state index in [0.717, 1.165) is 0 Å². The summed E-state index contributed by atoms with van der Waals surface area (Å²) in [6, 6.07) is 4.94. The topological polar surface area (TPSA) is 39.9 Å². The molecule has 15 heavy (non-hydrogen) atoms. The van der Waals surface area contributed by atoms with Crippen LogP contribution in [0.1, 0.15) is 0 Å². The zero-order chi connectivity index (χ0) is 10.7. The first kappa shape index (κ1) is 9.92. The second-order valence-electron chi connectivity index (χ2n) is 2.66. The van der Waals surface area contributed by atoms with Gasteiger partial charge in [0, 0.05) is 18.5 Å². The summed E-state index contributed by atoms with van der Waals surface area (Å²) in [4.78, 5) is 4.04. The fourth-order valence-electron chi connectivity index (χ4n) is 1.10. The standard InChI is InChI=1S/C9H7ClFN3O/c10-7-2-1-4-12-9(7)14-5-3-8(13-14)15-6-11/h1-5H,6H2. The minimum Gasteiger partial charge on any atom is -0.445 e. The van der Waals surface area contributed by atoms with Crippen LogP contribution in [-0.4, -0.2) is 21.6 Å². The minimum absolute atomic E-state index is 0.194. The zero-order valence-corrected chi connectivity index (χ0v) is 8.36. The van der Waals surface area contributed by atoms with E-state index in [4.69, 9.17) is 11.6 Å². The highest BCUT2D eigenvalue weighted by Gasteiger charge is 2.06. The summed E-state index contributed by atoms with van der Waals surface area (Å²) in [5.74, 6) is 0.673. The van der Waals surface area contributed by atoms with E-state index in [0.29, 0.717) is 10.8 Å². The maximum absolute atomic E-state index is 11.9. The van der Waals surface area contributed by atoms with Gasteiger partial charge in [-0.15, -0.1) is 5.10 Å². The second kappa shape index (κ2) is 4.27. The van der Waals surface area contributed by atoms with Crippen LogP contribution in [0.4, 0.5) is 4.39 Å². The summed E-state index contributed by atoms with van der Waals surface area (Å²) >= 11 is 5.91. The van der Waals surface area contributed by atoms with Gasteiger partial charge in [0.1, 0.15) is 0 Å². The molecular formula is C9H7ClFN3O. The lowest BCUT2D eigenvalue weighted by atomic mass is 10.4. The van der Waals surface area contributed by atoms with Gasteiger partial charge in [-0.25, -0.2) is 14.1 Å². The van der Waals surface area contributed by atoms with Crippen LogP contribution < -0.4 is 4.74 Å². The third kappa shape index (κ3) is 2.07. The summed E-state index contributed by atoms with van der Waals surface area (Å²) in [6.45, 7) is -0.910. The highest BCUT2D eigenvalue weighted by Crippen LogP contribution is 2.17. The van der Waals surface area contributed by atoms with Crippen molar-refractivity contribution in [3.8, 4) is 11.7 Å². The Morgan fingerprint density at radius 3 is 3.07 bits per heavy atom. The molecule has 6 heteroatoms. The fourth-order valence-corrected chi connectivity index (χ4v) is 1.31. The van der Waals surface area contributed by atoms with Gasteiger partial charge in [-0.1, -0.05) is 11.6 Å². The SMILES string of the molecule is FCOc1ccn(-c2ncccc2Cl)n1. The van der Waals surface area contributed by atoms with Crippen molar-refractivity contribution in [3.63, 3.8) is 0 Å². The van der Waals surface area contributed by atoms with Crippen molar-refractivity contribution in [1.29, 1.82) is 0 Å². The highest BCUT2D eigenvalue weighted by atomic mass is 35.5. The molecule has 0 amide bonds. The first-order valence-electron chi connectivity index (χ1n) is 4.16. The Kier molecular flexibility index (Phi) is 2.82. The predicted octanol–water partition coefficient (Wildman–Crippen LogP) is 2.23. The fraction of sp³-hybridized carbons (Fsp3) is 0.111. The van der Waals surface area contributed by atoms with Crippen molar-refractivity contribution in [2.75, 3.05) is 6.86 Å². The van der Waals surface area contributed by atoms with Gasteiger partial charge in [0.2, 0.25) is 12.7 Å². The van der Waals surface area contributed by atoms with Crippen LogP contribution in [0, 0.1) is 0 Å². The lowest BCUT2D eigenvalue weighted by Gasteiger charge is -2.01. The van der Waals surface area contributed by atoms with Gasteiger partial charge in [0.05, 0.1) is 5.02 Å². The van der Waals surface area contributed by atoms with Crippen molar-refractivity contribution in [1.82, 2.24) is 14.8 Å². The van der Waals surface area contributed by atoms with E-state index in [1.54, 1.807) is 24.5 Å². The van der Waals surface area contributed by atoms with E-state index in [1.807, 2.05) is 0 Å². The summed E-state index contributed by atoms with van der Waals surface area (Å²) in [7, 11) is 0. The van der Waals surface area contributed by atoms with Crippen LogP contribution in [0.25, 0.3) is 5.82 Å². The van der Waals surface area contributed by atoms with Crippen molar-refractivity contribution in [3.05, 3.63) is 35.6 Å². The second-order valence-corrected chi connectivity index (χ2v) is 3.07. The Labute approximate surface area is 90.3 Å². The Morgan fingerprint density at radius 1 is 1.47 bits per heavy atom. The number of halogens is 2. The van der Waals surface area contributed by atoms with Crippen molar-refractivity contribution in [2.45, 2.75) is 0 Å². The molecule has 2 heterocycles. The van der Waals surface area contributed by atoms with Gasteiger partial charge < -0.3 is 4.74 Å².